The minimum Gasteiger partial charge on any atom is -0.355 e. The van der Waals surface area contributed by atoms with Gasteiger partial charge in [-0.15, -0.1) is 0 Å². The van der Waals surface area contributed by atoms with Crippen molar-refractivity contribution in [1.82, 2.24) is 4.98 Å². The molecular weight excluding hydrogens is 228 g/mol. The quantitative estimate of drug-likeness (QED) is 0.629. The summed E-state index contributed by atoms with van der Waals surface area (Å²) in [5, 5.41) is 2.01. The van der Waals surface area contributed by atoms with Crippen LogP contribution in [0.2, 0.25) is 5.02 Å². The number of fused-ring (bicyclic) bond motifs is 1. The van der Waals surface area contributed by atoms with E-state index in [9.17, 15) is 0 Å². The van der Waals surface area contributed by atoms with Gasteiger partial charge >= 0.3 is 0 Å². The van der Waals surface area contributed by atoms with E-state index in [2.05, 4.69) is 37.1 Å². The highest BCUT2D eigenvalue weighted by atomic mass is 35.5. The average Bonchev–Trinajstić information content (AvgIpc) is 2.72. The molecular formula is C14H11BClN. The largest absolute Gasteiger partial charge is 0.355 e. The van der Waals surface area contributed by atoms with Gasteiger partial charge in [0.25, 0.3) is 0 Å². The third-order valence-corrected chi connectivity index (χ3v) is 3.18. The van der Waals surface area contributed by atoms with Crippen LogP contribution in [-0.4, -0.2) is 12.8 Å². The number of hydrogen-bond donors (Lipinski definition) is 1. The summed E-state index contributed by atoms with van der Waals surface area (Å²) < 4.78 is 0. The molecule has 1 nitrogen and oxygen atoms in total. The maximum absolute atomic E-state index is 5.89. The van der Waals surface area contributed by atoms with Gasteiger partial charge in [0.15, 0.2) is 0 Å². The van der Waals surface area contributed by atoms with Crippen LogP contribution in [0.25, 0.3) is 22.2 Å². The molecule has 0 fully saturated rings. The molecule has 1 N–H and O–H groups in total. The molecule has 0 spiro atoms. The molecule has 0 aliphatic rings. The van der Waals surface area contributed by atoms with E-state index in [-0.39, 0.29) is 0 Å². The first kappa shape index (κ1) is 10.5. The fourth-order valence-electron chi connectivity index (χ4n) is 2.04. The second-order valence-corrected chi connectivity index (χ2v) is 4.72. The summed E-state index contributed by atoms with van der Waals surface area (Å²) in [4.78, 5) is 3.42. The standard InChI is InChI=1S/C14H11BClN/c15-11-3-6-13-10(7-11)8-14(17-13)9-1-4-12(16)5-2-9/h1-8,17H,15H2. The molecule has 0 radical (unpaired) electrons. The van der Waals surface area contributed by atoms with Gasteiger partial charge in [0.2, 0.25) is 0 Å². The van der Waals surface area contributed by atoms with Crippen molar-refractivity contribution in [3.05, 3.63) is 53.6 Å². The number of H-pyrrole nitrogens is 1. The van der Waals surface area contributed by atoms with E-state index in [0.717, 1.165) is 16.3 Å². The summed E-state index contributed by atoms with van der Waals surface area (Å²) >= 11 is 5.89. The zero-order valence-electron chi connectivity index (χ0n) is 9.50. The molecule has 3 aromatic rings. The number of rotatable bonds is 1. The summed E-state index contributed by atoms with van der Waals surface area (Å²) in [7, 11) is 2.11. The van der Waals surface area contributed by atoms with Crippen molar-refractivity contribution in [2.75, 3.05) is 0 Å². The molecule has 17 heavy (non-hydrogen) atoms. The third kappa shape index (κ3) is 1.96. The highest BCUT2D eigenvalue weighted by Crippen LogP contribution is 2.24. The fourth-order valence-corrected chi connectivity index (χ4v) is 2.16. The van der Waals surface area contributed by atoms with Gasteiger partial charge in [-0.3, -0.25) is 0 Å². The van der Waals surface area contributed by atoms with Gasteiger partial charge in [0, 0.05) is 16.2 Å². The molecule has 2 aromatic carbocycles. The smallest absolute Gasteiger partial charge is 0.139 e. The highest BCUT2D eigenvalue weighted by molar-refractivity contribution is 6.33. The molecule has 0 amide bonds. The van der Waals surface area contributed by atoms with Crippen LogP contribution < -0.4 is 5.46 Å². The van der Waals surface area contributed by atoms with E-state index in [1.54, 1.807) is 0 Å². The lowest BCUT2D eigenvalue weighted by atomic mass is 9.95. The van der Waals surface area contributed by atoms with Crippen molar-refractivity contribution in [3.63, 3.8) is 0 Å². The second kappa shape index (κ2) is 3.97. The number of halogens is 1. The zero-order chi connectivity index (χ0) is 11.8. The lowest BCUT2D eigenvalue weighted by molar-refractivity contribution is 1.45. The molecule has 0 saturated heterocycles. The van der Waals surface area contributed by atoms with Crippen molar-refractivity contribution >= 4 is 35.8 Å². The molecule has 0 aliphatic carbocycles. The van der Waals surface area contributed by atoms with Gasteiger partial charge in [0.1, 0.15) is 7.85 Å². The van der Waals surface area contributed by atoms with Crippen LogP contribution in [0.4, 0.5) is 0 Å². The number of hydrogen-bond acceptors (Lipinski definition) is 0. The lowest BCUT2D eigenvalue weighted by Crippen LogP contribution is -1.98. The highest BCUT2D eigenvalue weighted by Gasteiger charge is 2.03. The lowest BCUT2D eigenvalue weighted by Gasteiger charge is -1.96. The molecule has 1 heterocycles. The van der Waals surface area contributed by atoms with Crippen LogP contribution in [0, 0.1) is 0 Å². The molecule has 1 aromatic heterocycles. The van der Waals surface area contributed by atoms with E-state index in [0.29, 0.717) is 0 Å². The van der Waals surface area contributed by atoms with E-state index in [1.807, 2.05) is 24.3 Å². The first-order valence-electron chi connectivity index (χ1n) is 5.58. The summed E-state index contributed by atoms with van der Waals surface area (Å²) in [6.45, 7) is 0. The summed E-state index contributed by atoms with van der Waals surface area (Å²) in [6.07, 6.45) is 0. The Morgan fingerprint density at radius 1 is 0.941 bits per heavy atom. The van der Waals surface area contributed by atoms with Crippen LogP contribution in [0.1, 0.15) is 0 Å². The topological polar surface area (TPSA) is 15.8 Å². The second-order valence-electron chi connectivity index (χ2n) is 4.28. The van der Waals surface area contributed by atoms with E-state index in [4.69, 9.17) is 11.6 Å². The maximum Gasteiger partial charge on any atom is 0.139 e. The van der Waals surface area contributed by atoms with Gasteiger partial charge < -0.3 is 4.98 Å². The predicted octanol–water partition coefficient (Wildman–Crippen LogP) is 2.75. The van der Waals surface area contributed by atoms with Gasteiger partial charge in [0.05, 0.1) is 0 Å². The SMILES string of the molecule is Bc1ccc2[nH]c(-c3ccc(Cl)cc3)cc2c1. The van der Waals surface area contributed by atoms with Crippen LogP contribution >= 0.6 is 11.6 Å². The third-order valence-electron chi connectivity index (χ3n) is 2.93. The van der Waals surface area contributed by atoms with Crippen LogP contribution in [-0.2, 0) is 0 Å². The molecule has 3 rings (SSSR count). The summed E-state index contributed by atoms with van der Waals surface area (Å²) in [6, 6.07) is 16.5. The predicted molar refractivity (Wildman–Crippen MR) is 76.9 cm³/mol. The Kier molecular flexibility index (Phi) is 2.45. The molecule has 3 heteroatoms. The van der Waals surface area contributed by atoms with E-state index < -0.39 is 0 Å². The monoisotopic (exact) mass is 239 g/mol. The first-order chi connectivity index (χ1) is 8.22. The van der Waals surface area contributed by atoms with E-state index in [1.165, 1.54) is 16.4 Å². The number of benzene rings is 2. The van der Waals surface area contributed by atoms with Gasteiger partial charge in [-0.05, 0) is 35.2 Å². The maximum atomic E-state index is 5.89. The average molecular weight is 240 g/mol. The molecule has 0 unspecified atom stereocenters. The minimum atomic E-state index is 0.765. The van der Waals surface area contributed by atoms with Crippen molar-refractivity contribution in [2.45, 2.75) is 0 Å². The Bertz CT molecular complexity index is 670. The Hall–Kier alpha value is -1.67. The zero-order valence-corrected chi connectivity index (χ0v) is 10.3. The first-order valence-corrected chi connectivity index (χ1v) is 5.95. The van der Waals surface area contributed by atoms with E-state index >= 15 is 0 Å². The number of aromatic nitrogens is 1. The Morgan fingerprint density at radius 3 is 2.47 bits per heavy atom. The Labute approximate surface area is 106 Å². The Morgan fingerprint density at radius 2 is 1.71 bits per heavy atom. The molecule has 82 valence electrons. The van der Waals surface area contributed by atoms with Gasteiger partial charge in [-0.25, -0.2) is 0 Å². The number of nitrogens with one attached hydrogen (secondary N) is 1. The molecule has 0 aliphatic heterocycles. The normalized spacial score (nSPS) is 10.9. The van der Waals surface area contributed by atoms with Crippen LogP contribution in [0.5, 0.6) is 0 Å². The fraction of sp³-hybridized carbons (Fsp3) is 0. The molecule has 0 bridgehead atoms. The van der Waals surface area contributed by atoms with Crippen molar-refractivity contribution in [1.29, 1.82) is 0 Å². The van der Waals surface area contributed by atoms with Crippen LogP contribution in [0.3, 0.4) is 0 Å². The van der Waals surface area contributed by atoms with Crippen molar-refractivity contribution in [2.24, 2.45) is 0 Å². The van der Waals surface area contributed by atoms with Gasteiger partial charge in [-0.2, -0.15) is 0 Å². The molecule has 0 atom stereocenters. The van der Waals surface area contributed by atoms with Crippen LogP contribution in [0.15, 0.2) is 48.5 Å². The molecule has 0 saturated carbocycles. The Balaban J connectivity index is 2.14. The minimum absolute atomic E-state index is 0.765. The van der Waals surface area contributed by atoms with Crippen molar-refractivity contribution in [3.8, 4) is 11.3 Å². The van der Waals surface area contributed by atoms with Crippen molar-refractivity contribution < 1.29 is 0 Å². The summed E-state index contributed by atoms with van der Waals surface area (Å²) in [5.74, 6) is 0. The number of aromatic amines is 1. The van der Waals surface area contributed by atoms with Gasteiger partial charge in [-0.1, -0.05) is 41.3 Å². The summed E-state index contributed by atoms with van der Waals surface area (Å²) in [5.41, 5.74) is 4.73.